The molecular weight excluding hydrogens is 380 g/mol. The number of H-pyrrole nitrogens is 1. The zero-order valence-electron chi connectivity index (χ0n) is 14.4. The molecule has 0 radical (unpaired) electrons. The van der Waals surface area contributed by atoms with E-state index in [1.165, 1.54) is 27.7 Å². The van der Waals surface area contributed by atoms with E-state index in [1.807, 2.05) is 6.07 Å². The Labute approximate surface area is 155 Å². The number of ether oxygens (including phenoxy) is 2. The molecule has 0 fully saturated rings. The summed E-state index contributed by atoms with van der Waals surface area (Å²) in [5.41, 5.74) is 5.16. The number of fused-ring (bicyclic) bond motifs is 3. The normalized spacial score (nSPS) is 16.7. The van der Waals surface area contributed by atoms with Gasteiger partial charge >= 0.3 is 0 Å². The van der Waals surface area contributed by atoms with Crippen LogP contribution in [-0.4, -0.2) is 25.7 Å². The van der Waals surface area contributed by atoms with Crippen molar-refractivity contribution in [1.82, 2.24) is 10.3 Å². The molecule has 2 N–H and O–H groups in total. The van der Waals surface area contributed by atoms with Crippen LogP contribution in [0.4, 0.5) is 0 Å². The van der Waals surface area contributed by atoms with Gasteiger partial charge in [0.2, 0.25) is 0 Å². The molecule has 1 aliphatic rings. The van der Waals surface area contributed by atoms with Crippen LogP contribution in [0.25, 0.3) is 10.9 Å². The predicted molar refractivity (Wildman–Crippen MR) is 104 cm³/mol. The molecule has 0 bridgehead atoms. The van der Waals surface area contributed by atoms with Gasteiger partial charge in [-0.1, -0.05) is 22.0 Å². The van der Waals surface area contributed by atoms with E-state index in [1.54, 1.807) is 14.2 Å². The fourth-order valence-corrected chi connectivity index (χ4v) is 4.06. The highest BCUT2D eigenvalue weighted by atomic mass is 79.9. The predicted octanol–water partition coefficient (Wildman–Crippen LogP) is 4.38. The third-order valence-electron chi connectivity index (χ3n) is 4.90. The van der Waals surface area contributed by atoms with Gasteiger partial charge in [-0.25, -0.2) is 0 Å². The minimum atomic E-state index is 0.271. The van der Waals surface area contributed by atoms with E-state index in [2.05, 4.69) is 56.6 Å². The number of hydrogen-bond acceptors (Lipinski definition) is 3. The van der Waals surface area contributed by atoms with Crippen molar-refractivity contribution >= 4 is 26.8 Å². The van der Waals surface area contributed by atoms with E-state index >= 15 is 0 Å². The SMILES string of the molecule is COc1ccc(CC2NCCc3c2[nH]c2ccc(Br)cc32)cc1OC. The van der Waals surface area contributed by atoms with Gasteiger partial charge in [0.15, 0.2) is 11.5 Å². The van der Waals surface area contributed by atoms with Crippen LogP contribution in [0.1, 0.15) is 22.9 Å². The van der Waals surface area contributed by atoms with E-state index in [0.717, 1.165) is 35.4 Å². The number of methoxy groups -OCH3 is 2. The molecule has 0 saturated heterocycles. The molecule has 3 aromatic rings. The van der Waals surface area contributed by atoms with Crippen LogP contribution in [0.2, 0.25) is 0 Å². The Kier molecular flexibility index (Phi) is 4.44. The number of hydrogen-bond donors (Lipinski definition) is 2. The molecule has 5 heteroatoms. The molecule has 0 spiro atoms. The summed E-state index contributed by atoms with van der Waals surface area (Å²) in [6.07, 6.45) is 1.95. The Bertz CT molecular complexity index is 919. The van der Waals surface area contributed by atoms with Crippen molar-refractivity contribution in [2.75, 3.05) is 20.8 Å². The molecule has 4 nitrogen and oxygen atoms in total. The first-order valence-electron chi connectivity index (χ1n) is 8.44. The number of nitrogens with one attached hydrogen (secondary N) is 2. The zero-order valence-corrected chi connectivity index (χ0v) is 15.9. The maximum absolute atomic E-state index is 5.44. The van der Waals surface area contributed by atoms with Crippen LogP contribution in [0.15, 0.2) is 40.9 Å². The lowest BCUT2D eigenvalue weighted by Gasteiger charge is -2.25. The smallest absolute Gasteiger partial charge is 0.160 e. The number of aromatic nitrogens is 1. The molecule has 1 unspecified atom stereocenters. The van der Waals surface area contributed by atoms with E-state index < -0.39 is 0 Å². The molecule has 1 atom stereocenters. The monoisotopic (exact) mass is 400 g/mol. The lowest BCUT2D eigenvalue weighted by molar-refractivity contribution is 0.354. The highest BCUT2D eigenvalue weighted by molar-refractivity contribution is 9.10. The molecule has 0 aliphatic carbocycles. The summed E-state index contributed by atoms with van der Waals surface area (Å²) in [5, 5.41) is 4.97. The Morgan fingerprint density at radius 1 is 1.08 bits per heavy atom. The fourth-order valence-electron chi connectivity index (χ4n) is 3.70. The Morgan fingerprint density at radius 2 is 1.92 bits per heavy atom. The molecular formula is C20H21BrN2O2. The summed E-state index contributed by atoms with van der Waals surface area (Å²) >= 11 is 3.59. The molecule has 4 rings (SSSR count). The van der Waals surface area contributed by atoms with Gasteiger partial charge in [0.1, 0.15) is 0 Å². The average Bonchev–Trinajstić information content (AvgIpc) is 3.00. The topological polar surface area (TPSA) is 46.3 Å². The third-order valence-corrected chi connectivity index (χ3v) is 5.40. The van der Waals surface area contributed by atoms with Crippen molar-refractivity contribution in [3.8, 4) is 11.5 Å². The standard InChI is InChI=1S/C20H21BrN2O2/c1-24-18-6-3-12(10-19(18)25-2)9-17-20-14(7-8-22-17)15-11-13(21)4-5-16(15)23-20/h3-6,10-11,17,22-23H,7-9H2,1-2H3. The second-order valence-corrected chi connectivity index (χ2v) is 7.27. The van der Waals surface area contributed by atoms with Crippen molar-refractivity contribution < 1.29 is 9.47 Å². The second-order valence-electron chi connectivity index (χ2n) is 6.36. The van der Waals surface area contributed by atoms with Gasteiger partial charge < -0.3 is 19.8 Å². The minimum absolute atomic E-state index is 0.271. The van der Waals surface area contributed by atoms with Gasteiger partial charge in [-0.05, 0) is 60.8 Å². The highest BCUT2D eigenvalue weighted by Crippen LogP contribution is 2.34. The Balaban J connectivity index is 1.68. The molecule has 0 amide bonds. The van der Waals surface area contributed by atoms with E-state index in [4.69, 9.17) is 9.47 Å². The van der Waals surface area contributed by atoms with Gasteiger partial charge in [-0.2, -0.15) is 0 Å². The van der Waals surface area contributed by atoms with Crippen LogP contribution >= 0.6 is 15.9 Å². The Morgan fingerprint density at radius 3 is 2.72 bits per heavy atom. The van der Waals surface area contributed by atoms with Crippen molar-refractivity contribution in [2.24, 2.45) is 0 Å². The molecule has 2 aromatic carbocycles. The summed E-state index contributed by atoms with van der Waals surface area (Å²) in [6, 6.07) is 12.9. The van der Waals surface area contributed by atoms with Crippen molar-refractivity contribution in [1.29, 1.82) is 0 Å². The second kappa shape index (κ2) is 6.73. The van der Waals surface area contributed by atoms with E-state index in [9.17, 15) is 0 Å². The van der Waals surface area contributed by atoms with Crippen LogP contribution in [0.5, 0.6) is 11.5 Å². The lowest BCUT2D eigenvalue weighted by atomic mass is 9.94. The summed E-state index contributed by atoms with van der Waals surface area (Å²) in [5.74, 6) is 1.54. The fraction of sp³-hybridized carbons (Fsp3) is 0.300. The molecule has 0 saturated carbocycles. The van der Waals surface area contributed by atoms with Crippen LogP contribution in [0.3, 0.4) is 0 Å². The van der Waals surface area contributed by atoms with Gasteiger partial charge in [0.05, 0.1) is 20.3 Å². The molecule has 1 aliphatic heterocycles. The van der Waals surface area contributed by atoms with Gasteiger partial charge in [-0.15, -0.1) is 0 Å². The van der Waals surface area contributed by atoms with Crippen molar-refractivity contribution in [2.45, 2.75) is 18.9 Å². The molecule has 2 heterocycles. The van der Waals surface area contributed by atoms with Gasteiger partial charge in [0, 0.05) is 21.1 Å². The van der Waals surface area contributed by atoms with Crippen molar-refractivity contribution in [3.05, 3.63) is 57.7 Å². The zero-order chi connectivity index (χ0) is 17.4. The van der Waals surface area contributed by atoms with E-state index in [-0.39, 0.29) is 6.04 Å². The molecule has 1 aromatic heterocycles. The maximum atomic E-state index is 5.44. The number of aromatic amines is 1. The van der Waals surface area contributed by atoms with Crippen LogP contribution < -0.4 is 14.8 Å². The van der Waals surface area contributed by atoms with Crippen molar-refractivity contribution in [3.63, 3.8) is 0 Å². The largest absolute Gasteiger partial charge is 0.493 e. The maximum Gasteiger partial charge on any atom is 0.160 e. The first-order chi connectivity index (χ1) is 12.2. The summed E-state index contributed by atoms with van der Waals surface area (Å²) < 4.78 is 11.9. The van der Waals surface area contributed by atoms with Crippen LogP contribution in [0, 0.1) is 0 Å². The highest BCUT2D eigenvalue weighted by Gasteiger charge is 2.24. The lowest BCUT2D eigenvalue weighted by Crippen LogP contribution is -2.31. The number of halogens is 1. The third kappa shape index (κ3) is 3.02. The Hall–Kier alpha value is -1.98. The summed E-state index contributed by atoms with van der Waals surface area (Å²) in [7, 11) is 3.34. The molecule has 25 heavy (non-hydrogen) atoms. The summed E-state index contributed by atoms with van der Waals surface area (Å²) in [6.45, 7) is 0.990. The van der Waals surface area contributed by atoms with Gasteiger partial charge in [-0.3, -0.25) is 0 Å². The summed E-state index contributed by atoms with van der Waals surface area (Å²) in [4.78, 5) is 3.63. The number of rotatable bonds is 4. The quantitative estimate of drug-likeness (QED) is 0.682. The molecule has 130 valence electrons. The first-order valence-corrected chi connectivity index (χ1v) is 9.23. The number of benzene rings is 2. The van der Waals surface area contributed by atoms with Gasteiger partial charge in [0.25, 0.3) is 0 Å². The minimum Gasteiger partial charge on any atom is -0.493 e. The van der Waals surface area contributed by atoms with E-state index in [0.29, 0.717) is 0 Å². The first kappa shape index (κ1) is 16.5. The average molecular weight is 401 g/mol. The van der Waals surface area contributed by atoms with Crippen LogP contribution in [-0.2, 0) is 12.8 Å².